The molecule has 3 aromatic carbocycles. The van der Waals surface area contributed by atoms with Crippen LogP contribution in [0.1, 0.15) is 69.3 Å². The second-order valence-corrected chi connectivity index (χ2v) is 14.8. The number of ether oxygens (including phenoxy) is 1. The van der Waals surface area contributed by atoms with Gasteiger partial charge in [0.05, 0.1) is 10.5 Å². The molecule has 2 unspecified atom stereocenters. The Bertz CT molecular complexity index is 1940. The maximum Gasteiger partial charge on any atom is 0.408 e. The van der Waals surface area contributed by atoms with E-state index in [1.54, 1.807) is 24.3 Å². The van der Waals surface area contributed by atoms with Crippen LogP contribution in [0, 0.1) is 11.8 Å². The number of rotatable bonds is 14. The number of aryl methyl sites for hydroxylation is 1. The Kier molecular flexibility index (Phi) is 13.0. The fraction of sp³-hybridized carbons (Fsp3) is 0.400. The lowest BCUT2D eigenvalue weighted by atomic mass is 9.78. The molecule has 282 valence electrons. The summed E-state index contributed by atoms with van der Waals surface area (Å²) >= 11 is 13.0. The number of phenols is 1. The molecule has 11 nitrogen and oxygen atoms in total. The molecule has 0 bridgehead atoms. The topological polar surface area (TPSA) is 162 Å². The van der Waals surface area contributed by atoms with Crippen LogP contribution in [-0.4, -0.2) is 51.5 Å². The Morgan fingerprint density at radius 1 is 0.887 bits per heavy atom. The predicted molar refractivity (Wildman–Crippen MR) is 206 cm³/mol. The fourth-order valence-corrected chi connectivity index (χ4v) is 7.17. The number of carbonyl (C=O) groups is 4. The van der Waals surface area contributed by atoms with Gasteiger partial charge in [0.2, 0.25) is 17.7 Å². The quantitative estimate of drug-likeness (QED) is 0.0837. The summed E-state index contributed by atoms with van der Waals surface area (Å²) in [4.78, 5) is 59.2. The molecule has 0 radical (unpaired) electrons. The number of alkyl carbamates (subject to hydrolysis) is 1. The van der Waals surface area contributed by atoms with Crippen molar-refractivity contribution in [1.82, 2.24) is 26.3 Å². The van der Waals surface area contributed by atoms with Gasteiger partial charge in [0.1, 0.15) is 30.0 Å². The van der Waals surface area contributed by atoms with E-state index >= 15 is 0 Å². The van der Waals surface area contributed by atoms with Gasteiger partial charge in [-0.3, -0.25) is 14.4 Å². The highest BCUT2D eigenvalue weighted by Gasteiger charge is 2.47. The molecule has 5 rings (SSSR count). The fourth-order valence-electron chi connectivity index (χ4n) is 6.63. The first-order valence-corrected chi connectivity index (χ1v) is 18.7. The van der Waals surface area contributed by atoms with E-state index in [1.807, 2.05) is 58.0 Å². The Labute approximate surface area is 319 Å². The second-order valence-electron chi connectivity index (χ2n) is 13.9. The number of carbonyl (C=O) groups excluding carboxylic acids is 4. The highest BCUT2D eigenvalue weighted by Crippen LogP contribution is 2.38. The van der Waals surface area contributed by atoms with Gasteiger partial charge < -0.3 is 36.1 Å². The number of nitrogens with one attached hydrogen (secondary N) is 5. The van der Waals surface area contributed by atoms with E-state index in [-0.39, 0.29) is 49.5 Å². The van der Waals surface area contributed by atoms with Gasteiger partial charge in [0.25, 0.3) is 0 Å². The molecule has 0 saturated carbocycles. The van der Waals surface area contributed by atoms with Gasteiger partial charge in [-0.1, -0.05) is 106 Å². The smallest absolute Gasteiger partial charge is 0.408 e. The van der Waals surface area contributed by atoms with Crippen molar-refractivity contribution < 1.29 is 29.0 Å². The number of hydrogen-bond donors (Lipinski definition) is 6. The Morgan fingerprint density at radius 3 is 2.21 bits per heavy atom. The van der Waals surface area contributed by atoms with Crippen molar-refractivity contribution in [2.75, 3.05) is 0 Å². The van der Waals surface area contributed by atoms with E-state index in [0.717, 1.165) is 27.8 Å². The number of H-pyrrole nitrogens is 1. The van der Waals surface area contributed by atoms with E-state index < -0.39 is 35.5 Å². The molecule has 1 aliphatic carbocycles. The molecule has 53 heavy (non-hydrogen) atoms. The normalized spacial score (nSPS) is 17.5. The second kappa shape index (κ2) is 17.4. The Hall–Kier alpha value is -4.74. The zero-order chi connectivity index (χ0) is 38.3. The number of amides is 4. The van der Waals surface area contributed by atoms with E-state index in [4.69, 9.17) is 27.9 Å². The maximum absolute atomic E-state index is 14.7. The van der Waals surface area contributed by atoms with Crippen molar-refractivity contribution in [3.63, 3.8) is 0 Å². The average molecular weight is 765 g/mol. The average Bonchev–Trinajstić information content (AvgIpc) is 3.52. The number of phenolic OH excluding ortho intramolecular Hbond substituents is 1. The van der Waals surface area contributed by atoms with Crippen molar-refractivity contribution in [2.24, 2.45) is 11.8 Å². The Morgan fingerprint density at radius 2 is 1.55 bits per heavy atom. The summed E-state index contributed by atoms with van der Waals surface area (Å²) in [5.41, 5.74) is 2.37. The number of aromatic hydroxyl groups is 1. The predicted octanol–water partition coefficient (Wildman–Crippen LogP) is 6.71. The first kappa shape index (κ1) is 39.5. The number of hydrogen-bond acceptors (Lipinski definition) is 6. The first-order valence-electron chi connectivity index (χ1n) is 18.0. The van der Waals surface area contributed by atoms with E-state index in [9.17, 15) is 24.3 Å². The van der Waals surface area contributed by atoms with Crippen LogP contribution in [0.5, 0.6) is 5.75 Å². The molecule has 5 atom stereocenters. The third-order valence-corrected chi connectivity index (χ3v) is 10.8. The summed E-state index contributed by atoms with van der Waals surface area (Å²) in [5, 5.41) is 22.9. The summed E-state index contributed by atoms with van der Waals surface area (Å²) in [6.45, 7) is 7.77. The molecule has 0 spiro atoms. The minimum Gasteiger partial charge on any atom is -0.508 e. The van der Waals surface area contributed by atoms with E-state index in [1.165, 1.54) is 12.1 Å². The highest BCUT2D eigenvalue weighted by molar-refractivity contribution is 6.38. The van der Waals surface area contributed by atoms with Gasteiger partial charge >= 0.3 is 6.09 Å². The van der Waals surface area contributed by atoms with Gasteiger partial charge in [0.15, 0.2) is 0 Å². The monoisotopic (exact) mass is 763 g/mol. The maximum atomic E-state index is 14.7. The van der Waals surface area contributed by atoms with E-state index in [0.29, 0.717) is 34.8 Å². The molecule has 13 heteroatoms. The first-order chi connectivity index (χ1) is 25.3. The van der Waals surface area contributed by atoms with Gasteiger partial charge in [-0.2, -0.15) is 0 Å². The van der Waals surface area contributed by atoms with Crippen molar-refractivity contribution in [2.45, 2.75) is 90.6 Å². The van der Waals surface area contributed by atoms with Crippen LogP contribution in [0.15, 0.2) is 66.7 Å². The molecule has 0 aliphatic heterocycles. The van der Waals surface area contributed by atoms with Crippen molar-refractivity contribution >= 4 is 57.9 Å². The van der Waals surface area contributed by atoms with Crippen LogP contribution < -0.4 is 21.3 Å². The van der Waals surface area contributed by atoms with Crippen molar-refractivity contribution in [1.29, 1.82) is 0 Å². The number of benzene rings is 3. The summed E-state index contributed by atoms with van der Waals surface area (Å²) < 4.78 is 5.46. The number of aromatic nitrogens is 1. The lowest BCUT2D eigenvalue weighted by Crippen LogP contribution is -2.67. The lowest BCUT2D eigenvalue weighted by Gasteiger charge is -2.39. The molecule has 1 heterocycles. The summed E-state index contributed by atoms with van der Waals surface area (Å²) in [5.74, 6) is -1.93. The van der Waals surface area contributed by atoms with Gasteiger partial charge in [-0.25, -0.2) is 4.79 Å². The van der Waals surface area contributed by atoms with Crippen LogP contribution in [0.4, 0.5) is 4.79 Å². The molecule has 6 N–H and O–H groups in total. The highest BCUT2D eigenvalue weighted by atomic mass is 35.5. The molecule has 4 aromatic rings. The van der Waals surface area contributed by atoms with Crippen molar-refractivity contribution in [3.8, 4) is 5.75 Å². The number of halogens is 2. The van der Waals surface area contributed by atoms with Crippen LogP contribution in [0.2, 0.25) is 10.0 Å². The molecular formula is C40H47Cl2N5O6. The zero-order valence-corrected chi connectivity index (χ0v) is 31.9. The summed E-state index contributed by atoms with van der Waals surface area (Å²) in [6.07, 6.45) is 1.03. The van der Waals surface area contributed by atoms with E-state index in [2.05, 4.69) is 26.3 Å². The molecule has 0 fully saturated rings. The van der Waals surface area contributed by atoms with Gasteiger partial charge in [-0.15, -0.1) is 0 Å². The molecule has 1 aliphatic rings. The third kappa shape index (κ3) is 9.44. The van der Waals surface area contributed by atoms with Crippen LogP contribution in [0.25, 0.3) is 10.9 Å². The number of fused-ring (bicyclic) bond motifs is 3. The molecule has 4 amide bonds. The molecule has 1 aromatic heterocycles. The number of aromatic amines is 1. The minimum absolute atomic E-state index is 0.0220. The summed E-state index contributed by atoms with van der Waals surface area (Å²) in [7, 11) is 0. The van der Waals surface area contributed by atoms with Gasteiger partial charge in [0, 0.05) is 29.1 Å². The van der Waals surface area contributed by atoms with Crippen LogP contribution in [-0.2, 0) is 45.1 Å². The summed E-state index contributed by atoms with van der Waals surface area (Å²) in [6, 6.07) is 17.1. The SMILES string of the molecule is CCC(C)C(NC(=O)OCc1ccccc1)C(=O)N[C@]1(C(=O)N[C@H](C(=O)NCc2ccc(O)cc2)[C@@H](C)CC)CCc2[nH]c3c(Cl)cc(Cl)cc3c2C1. The molecule has 0 saturated heterocycles. The van der Waals surface area contributed by atoms with Gasteiger partial charge in [-0.05, 0) is 65.6 Å². The van der Waals surface area contributed by atoms with Crippen LogP contribution in [0.3, 0.4) is 0 Å². The third-order valence-electron chi connectivity index (χ3n) is 10.3. The minimum atomic E-state index is -1.52. The largest absolute Gasteiger partial charge is 0.508 e. The van der Waals surface area contributed by atoms with Crippen molar-refractivity contribution in [3.05, 3.63) is 99.2 Å². The Balaban J connectivity index is 1.44. The standard InChI is InChI=1S/C40H47Cl2N5O6/c1-5-23(3)33(36(49)43-21-25-12-14-28(48)15-13-25)45-38(51)40(17-16-32-30(20-40)29-18-27(41)19-31(42)35(29)44-32)47-37(50)34(24(4)6-2)46-39(52)53-22-26-10-8-7-9-11-26/h7-15,18-19,23-24,33-34,44,48H,5-6,16-17,20-22H2,1-4H3,(H,43,49)(H,45,51)(H,46,52)(H,47,50)/t23-,24?,33-,34?,40+/m0/s1. The van der Waals surface area contributed by atoms with Crippen LogP contribution >= 0.6 is 23.2 Å². The molecular weight excluding hydrogens is 717 g/mol. The zero-order valence-electron chi connectivity index (χ0n) is 30.4. The lowest BCUT2D eigenvalue weighted by molar-refractivity contribution is -0.138.